The predicted molar refractivity (Wildman–Crippen MR) is 40.7 cm³/mol. The lowest BCUT2D eigenvalue weighted by Gasteiger charge is -2.26. The number of hydrogen-bond acceptors (Lipinski definition) is 2. The van der Waals surface area contributed by atoms with Crippen LogP contribution in [0.15, 0.2) is 0 Å². The molecular formula is C6H13NO2S. The first-order valence-electron chi connectivity index (χ1n) is 3.44. The summed E-state index contributed by atoms with van der Waals surface area (Å²) in [7, 11) is -1.16. The molecule has 0 radical (unpaired) electrons. The molecule has 0 aromatic carbocycles. The highest BCUT2D eigenvalue weighted by Gasteiger charge is 2.25. The van der Waals surface area contributed by atoms with E-state index in [1.807, 2.05) is 6.92 Å². The van der Waals surface area contributed by atoms with Crippen LogP contribution in [-0.4, -0.2) is 22.7 Å². The molecule has 1 aliphatic rings. The van der Waals surface area contributed by atoms with Gasteiger partial charge in [0.2, 0.25) is 0 Å². The highest BCUT2D eigenvalue weighted by Crippen LogP contribution is 2.17. The maximum atomic E-state index is 10.8. The van der Waals surface area contributed by atoms with Crippen molar-refractivity contribution in [2.45, 2.75) is 18.6 Å². The number of rotatable bonds is 1. The lowest BCUT2D eigenvalue weighted by molar-refractivity contribution is 0.0647. The van der Waals surface area contributed by atoms with Gasteiger partial charge in [-0.1, -0.05) is 6.92 Å². The molecule has 1 heterocycles. The molecule has 0 aliphatic carbocycles. The summed E-state index contributed by atoms with van der Waals surface area (Å²) in [5, 5.41) is 5.42. The summed E-state index contributed by atoms with van der Waals surface area (Å²) in [5.74, 6) is 0.347. The van der Waals surface area contributed by atoms with E-state index < -0.39 is 11.0 Å². The highest BCUT2D eigenvalue weighted by atomic mass is 32.2. The minimum atomic E-state index is -1.16. The third-order valence-corrected chi connectivity index (χ3v) is 3.16. The Bertz CT molecular complexity index is 140. The summed E-state index contributed by atoms with van der Waals surface area (Å²) in [4.78, 5) is 0. The van der Waals surface area contributed by atoms with Crippen LogP contribution >= 0.6 is 0 Å². The van der Waals surface area contributed by atoms with Gasteiger partial charge >= 0.3 is 0 Å². The van der Waals surface area contributed by atoms with Crippen LogP contribution in [0.25, 0.3) is 0 Å². The molecule has 0 amide bonds. The van der Waals surface area contributed by atoms with Crippen LogP contribution < -0.4 is 5.14 Å². The van der Waals surface area contributed by atoms with Crippen LogP contribution in [0, 0.1) is 5.92 Å². The molecule has 4 heteroatoms. The van der Waals surface area contributed by atoms with Crippen LogP contribution in [0.1, 0.15) is 13.3 Å². The minimum Gasteiger partial charge on any atom is -0.381 e. The van der Waals surface area contributed by atoms with Crippen molar-refractivity contribution >= 4 is 11.0 Å². The van der Waals surface area contributed by atoms with Gasteiger partial charge in [-0.05, 0) is 12.3 Å². The summed E-state index contributed by atoms with van der Waals surface area (Å²) < 4.78 is 16.0. The first-order valence-corrected chi connectivity index (χ1v) is 4.72. The standard InChI is InChI=1S/C6H13NO2S/c1-5-4-9-3-2-6(5)10(7)8/h5-6H,2-4,7H2,1H3. The van der Waals surface area contributed by atoms with Gasteiger partial charge in [-0.2, -0.15) is 0 Å². The van der Waals surface area contributed by atoms with Gasteiger partial charge in [-0.25, -0.2) is 4.21 Å². The second-order valence-corrected chi connectivity index (χ2v) is 3.97. The van der Waals surface area contributed by atoms with E-state index in [0.29, 0.717) is 19.1 Å². The zero-order valence-electron chi connectivity index (χ0n) is 6.08. The van der Waals surface area contributed by atoms with Crippen LogP contribution in [0.2, 0.25) is 0 Å². The van der Waals surface area contributed by atoms with E-state index in [1.165, 1.54) is 0 Å². The fourth-order valence-corrected chi connectivity index (χ4v) is 2.07. The second kappa shape index (κ2) is 3.46. The third-order valence-electron chi connectivity index (χ3n) is 1.86. The van der Waals surface area contributed by atoms with Gasteiger partial charge in [0.25, 0.3) is 0 Å². The number of nitrogens with two attached hydrogens (primary N) is 1. The Labute approximate surface area is 63.5 Å². The largest absolute Gasteiger partial charge is 0.381 e. The molecule has 10 heavy (non-hydrogen) atoms. The molecule has 60 valence electrons. The van der Waals surface area contributed by atoms with Gasteiger partial charge < -0.3 is 4.74 Å². The van der Waals surface area contributed by atoms with E-state index in [4.69, 9.17) is 9.88 Å². The highest BCUT2D eigenvalue weighted by molar-refractivity contribution is 7.83. The molecule has 3 unspecified atom stereocenters. The fourth-order valence-electron chi connectivity index (χ4n) is 1.21. The molecule has 0 aromatic heterocycles. The topological polar surface area (TPSA) is 52.3 Å². The van der Waals surface area contributed by atoms with Crippen molar-refractivity contribution in [2.24, 2.45) is 11.1 Å². The maximum Gasteiger partial charge on any atom is 0.0924 e. The average Bonchev–Trinajstić information content (AvgIpc) is 1.88. The SMILES string of the molecule is CC1COCCC1S(N)=O. The molecule has 0 aromatic rings. The quantitative estimate of drug-likeness (QED) is 0.593. The molecule has 1 fully saturated rings. The van der Waals surface area contributed by atoms with Crippen molar-refractivity contribution in [1.29, 1.82) is 0 Å². The third kappa shape index (κ3) is 1.78. The van der Waals surface area contributed by atoms with Gasteiger partial charge in [0.05, 0.1) is 22.8 Å². The molecule has 3 atom stereocenters. The molecule has 2 N–H and O–H groups in total. The molecule has 3 nitrogen and oxygen atoms in total. The molecule has 0 saturated carbocycles. The molecule has 1 rings (SSSR count). The van der Waals surface area contributed by atoms with Gasteiger partial charge in [0.15, 0.2) is 0 Å². The summed E-state index contributed by atoms with van der Waals surface area (Å²) in [5.41, 5.74) is 0. The Morgan fingerprint density at radius 3 is 2.80 bits per heavy atom. The first-order chi connectivity index (χ1) is 4.72. The second-order valence-electron chi connectivity index (χ2n) is 2.71. The van der Waals surface area contributed by atoms with E-state index in [9.17, 15) is 4.21 Å². The summed E-state index contributed by atoms with van der Waals surface area (Å²) in [6.07, 6.45) is 0.838. The van der Waals surface area contributed by atoms with Crippen molar-refractivity contribution in [3.05, 3.63) is 0 Å². The van der Waals surface area contributed by atoms with E-state index in [-0.39, 0.29) is 5.25 Å². The van der Waals surface area contributed by atoms with Crippen LogP contribution in [0.5, 0.6) is 0 Å². The average molecular weight is 163 g/mol. The number of ether oxygens (including phenoxy) is 1. The summed E-state index contributed by atoms with van der Waals surface area (Å²) >= 11 is 0. The van der Waals surface area contributed by atoms with Crippen LogP contribution in [0.4, 0.5) is 0 Å². The molecule has 1 aliphatic heterocycles. The van der Waals surface area contributed by atoms with Crippen molar-refractivity contribution in [2.75, 3.05) is 13.2 Å². The van der Waals surface area contributed by atoms with Crippen molar-refractivity contribution < 1.29 is 8.95 Å². The van der Waals surface area contributed by atoms with E-state index in [0.717, 1.165) is 6.42 Å². The Morgan fingerprint density at radius 2 is 2.40 bits per heavy atom. The fraction of sp³-hybridized carbons (Fsp3) is 1.00. The Morgan fingerprint density at radius 1 is 1.70 bits per heavy atom. The monoisotopic (exact) mass is 163 g/mol. The lowest BCUT2D eigenvalue weighted by atomic mass is 10.0. The minimum absolute atomic E-state index is 0.147. The Kier molecular flexibility index (Phi) is 2.82. The van der Waals surface area contributed by atoms with E-state index in [2.05, 4.69) is 0 Å². The smallest absolute Gasteiger partial charge is 0.0924 e. The summed E-state index contributed by atoms with van der Waals surface area (Å²) in [6.45, 7) is 3.43. The zero-order chi connectivity index (χ0) is 7.56. The number of hydrogen-bond donors (Lipinski definition) is 1. The van der Waals surface area contributed by atoms with Crippen LogP contribution in [-0.2, 0) is 15.7 Å². The van der Waals surface area contributed by atoms with Crippen molar-refractivity contribution in [3.63, 3.8) is 0 Å². The zero-order valence-corrected chi connectivity index (χ0v) is 6.89. The van der Waals surface area contributed by atoms with Crippen molar-refractivity contribution in [3.8, 4) is 0 Å². The van der Waals surface area contributed by atoms with Gasteiger partial charge in [-0.15, -0.1) is 0 Å². The van der Waals surface area contributed by atoms with Gasteiger partial charge in [-0.3, -0.25) is 5.14 Å². The van der Waals surface area contributed by atoms with Gasteiger partial charge in [0.1, 0.15) is 0 Å². The molecule has 0 spiro atoms. The molecule has 0 bridgehead atoms. The Balaban J connectivity index is 2.47. The van der Waals surface area contributed by atoms with Crippen LogP contribution in [0.3, 0.4) is 0 Å². The molecular weight excluding hydrogens is 150 g/mol. The molecule has 1 saturated heterocycles. The summed E-state index contributed by atoms with van der Waals surface area (Å²) in [6, 6.07) is 0. The predicted octanol–water partition coefficient (Wildman–Crippen LogP) is 0.0338. The first kappa shape index (κ1) is 8.17. The Hall–Kier alpha value is 0.0700. The van der Waals surface area contributed by atoms with Gasteiger partial charge in [0, 0.05) is 6.61 Å². The normalized spacial score (nSPS) is 37.4. The lowest BCUT2D eigenvalue weighted by Crippen LogP contribution is -2.36. The van der Waals surface area contributed by atoms with Crippen molar-refractivity contribution in [1.82, 2.24) is 0 Å². The van der Waals surface area contributed by atoms with E-state index >= 15 is 0 Å². The van der Waals surface area contributed by atoms with E-state index in [1.54, 1.807) is 0 Å². The maximum absolute atomic E-state index is 10.8.